The fourth-order valence-electron chi connectivity index (χ4n) is 9.25. The molecule has 2 aromatic carbocycles. The number of hydrazine groups is 1. The number of carbonyl (C=O) groups excluding carboxylic acids is 11. The van der Waals surface area contributed by atoms with Crippen LogP contribution >= 0.6 is 11.8 Å². The van der Waals surface area contributed by atoms with Crippen molar-refractivity contribution in [2.45, 2.75) is 134 Å². The number of hydrogen-bond donors (Lipinski definition) is 13. The number of rotatable bonds is 18. The van der Waals surface area contributed by atoms with Gasteiger partial charge >= 0.3 is 12.1 Å². The van der Waals surface area contributed by atoms with Crippen LogP contribution in [0.25, 0.3) is 10.9 Å². The number of carbonyl (C=O) groups is 11. The zero-order valence-corrected chi connectivity index (χ0v) is 48.4. The van der Waals surface area contributed by atoms with E-state index in [9.17, 15) is 52.7 Å². The number of hydrogen-bond acceptors (Lipinski definition) is 16. The summed E-state index contributed by atoms with van der Waals surface area (Å²) in [6.07, 6.45) is -1.84. The van der Waals surface area contributed by atoms with Crippen LogP contribution in [-0.2, 0) is 60.9 Å². The van der Waals surface area contributed by atoms with Gasteiger partial charge in [-0.05, 0) is 66.5 Å². The molecule has 1 fully saturated rings. The van der Waals surface area contributed by atoms with Gasteiger partial charge in [0.25, 0.3) is 5.91 Å². The Morgan fingerprint density at radius 3 is 2.24 bits per heavy atom. The highest BCUT2D eigenvalue weighted by atomic mass is 32.2. The highest BCUT2D eigenvalue weighted by Crippen LogP contribution is 2.34. The average Bonchev–Trinajstić information content (AvgIpc) is 4.04. The number of aromatic nitrogens is 1. The van der Waals surface area contributed by atoms with E-state index in [1.54, 1.807) is 49.4 Å². The van der Waals surface area contributed by atoms with Gasteiger partial charge in [-0.25, -0.2) is 14.6 Å². The van der Waals surface area contributed by atoms with E-state index in [0.29, 0.717) is 45.6 Å². The van der Waals surface area contributed by atoms with E-state index in [1.165, 1.54) is 11.9 Å². The standard InChI is InChI=1S/C54H77N15O13S/c1-8-29(6)44-49(76)59-23-41(71)62-39-26-83-51-34(21-35(55)46(73)58-24-42(72)66-44)33-16-15-32(20-37(33)65-51)82-45-38(64-48(39)75)22-40(70)67-69(52(45)78)19-18-68(7)54(80)81-25-30-11-13-31(14-12-30)61-47(74)36(10-9-17-57-53(56)79)63-50(77)43(27(2)3)60-28(4)5/h11-16,20,27-29,35-36,38-39,43-45,60,65H,8-10,17-19,21-26,55H2,1-7H3,(H,58,73)(H,59,76)(H,61,74)(H,62,71)(H,63,77)(H,64,75)(H,66,72)(H,67,70)(H3,56,57,79)/t29-,35-,36-,38-,39-,43-,44-,45?/m0/s1. The van der Waals surface area contributed by atoms with E-state index in [-0.39, 0.29) is 74.4 Å². The number of amides is 12. The first-order chi connectivity index (χ1) is 39.4. The number of nitrogens with zero attached hydrogens (tertiary/aromatic N) is 2. The number of anilines is 1. The molecule has 452 valence electrons. The summed E-state index contributed by atoms with van der Waals surface area (Å²) >= 11 is 1.13. The molecule has 12 amide bonds. The molecule has 6 rings (SSSR count). The van der Waals surface area contributed by atoms with Crippen LogP contribution in [0.4, 0.5) is 15.3 Å². The van der Waals surface area contributed by atoms with Crippen molar-refractivity contribution in [2.24, 2.45) is 23.3 Å². The zero-order valence-electron chi connectivity index (χ0n) is 47.6. The van der Waals surface area contributed by atoms with Crippen molar-refractivity contribution in [1.29, 1.82) is 0 Å². The first-order valence-corrected chi connectivity index (χ1v) is 28.5. The molecule has 8 atom stereocenters. The third-order valence-electron chi connectivity index (χ3n) is 14.1. The van der Waals surface area contributed by atoms with E-state index >= 15 is 0 Å². The Kier molecular flexibility index (Phi) is 22.9. The average molecular weight is 1180 g/mol. The van der Waals surface area contributed by atoms with Crippen molar-refractivity contribution in [3.63, 3.8) is 0 Å². The lowest BCUT2D eigenvalue weighted by atomic mass is 9.98. The maximum absolute atomic E-state index is 14.6. The summed E-state index contributed by atoms with van der Waals surface area (Å²) in [7, 11) is 1.42. The minimum absolute atomic E-state index is 0.00248. The van der Waals surface area contributed by atoms with Gasteiger partial charge in [0, 0.05) is 49.1 Å². The molecule has 1 saturated heterocycles. The molecule has 15 N–H and O–H groups in total. The summed E-state index contributed by atoms with van der Waals surface area (Å²) in [5.41, 5.74) is 16.2. The van der Waals surface area contributed by atoms with Crippen LogP contribution in [-0.4, -0.2) is 174 Å². The third-order valence-corrected chi connectivity index (χ3v) is 15.2. The molecule has 0 aliphatic carbocycles. The predicted molar refractivity (Wildman–Crippen MR) is 304 cm³/mol. The van der Waals surface area contributed by atoms with Crippen LogP contribution in [0.5, 0.6) is 5.75 Å². The van der Waals surface area contributed by atoms with Crippen molar-refractivity contribution in [1.82, 2.24) is 62.9 Å². The fourth-order valence-corrected chi connectivity index (χ4v) is 10.4. The van der Waals surface area contributed by atoms with Crippen LogP contribution < -0.4 is 69.5 Å². The van der Waals surface area contributed by atoms with Crippen molar-refractivity contribution in [3.8, 4) is 5.75 Å². The Morgan fingerprint density at radius 2 is 1.57 bits per heavy atom. The lowest BCUT2D eigenvalue weighted by Crippen LogP contribution is -2.58. The van der Waals surface area contributed by atoms with Crippen LogP contribution in [0.15, 0.2) is 47.5 Å². The van der Waals surface area contributed by atoms with E-state index in [1.807, 2.05) is 34.6 Å². The quantitative estimate of drug-likeness (QED) is 0.0684. The second kappa shape index (κ2) is 29.7. The second-order valence-corrected chi connectivity index (χ2v) is 22.4. The molecule has 29 heteroatoms. The van der Waals surface area contributed by atoms with Gasteiger partial charge in [0.15, 0.2) is 6.10 Å². The third kappa shape index (κ3) is 18.2. The molecule has 1 aromatic heterocycles. The Labute approximate surface area is 484 Å². The van der Waals surface area contributed by atoms with Crippen LogP contribution in [0, 0.1) is 11.8 Å². The Bertz CT molecular complexity index is 2890. The van der Waals surface area contributed by atoms with Crippen LogP contribution in [0.2, 0.25) is 0 Å². The molecule has 3 aliphatic heterocycles. The number of H-pyrrole nitrogens is 1. The molecular formula is C54H77N15O13S. The summed E-state index contributed by atoms with van der Waals surface area (Å²) in [5.74, 6) is -6.32. The van der Waals surface area contributed by atoms with E-state index < -0.39 is 121 Å². The smallest absolute Gasteiger partial charge is 0.409 e. The minimum Gasteiger partial charge on any atom is -0.478 e. The fraction of sp³-hybridized carbons (Fsp3) is 0.537. The summed E-state index contributed by atoms with van der Waals surface area (Å²) in [4.78, 5) is 152. The van der Waals surface area contributed by atoms with Crippen molar-refractivity contribution < 1.29 is 62.2 Å². The lowest BCUT2D eigenvalue weighted by Gasteiger charge is -2.30. The summed E-state index contributed by atoms with van der Waals surface area (Å²) in [6, 6.07) is 4.20. The maximum atomic E-state index is 14.6. The summed E-state index contributed by atoms with van der Waals surface area (Å²) in [6.45, 7) is 9.67. The van der Waals surface area contributed by atoms with Gasteiger partial charge in [-0.2, -0.15) is 0 Å². The van der Waals surface area contributed by atoms with Gasteiger partial charge in [-0.15, -0.1) is 11.8 Å². The van der Waals surface area contributed by atoms with Crippen molar-refractivity contribution >= 4 is 93.6 Å². The number of urea groups is 1. The number of fused-ring (bicyclic) bond motifs is 5. The van der Waals surface area contributed by atoms with Gasteiger partial charge in [0.2, 0.25) is 47.3 Å². The summed E-state index contributed by atoms with van der Waals surface area (Å²) in [5, 5.41) is 26.5. The molecule has 0 saturated carbocycles. The number of thioether (sulfide) groups is 1. The number of nitrogens with one attached hydrogen (secondary N) is 11. The molecule has 4 bridgehead atoms. The van der Waals surface area contributed by atoms with Crippen LogP contribution in [0.3, 0.4) is 0 Å². The van der Waals surface area contributed by atoms with E-state index in [2.05, 4.69) is 58.3 Å². The Hall–Kier alpha value is -8.18. The molecule has 0 radical (unpaired) electrons. The molecule has 83 heavy (non-hydrogen) atoms. The summed E-state index contributed by atoms with van der Waals surface area (Å²) < 4.78 is 11.9. The normalized spacial score (nSPS) is 21.2. The molecular weight excluding hydrogens is 1100 g/mol. The first kappa shape index (κ1) is 64.0. The number of aromatic amines is 1. The number of likely N-dealkylation sites (N-methyl/N-ethyl adjacent to an activating group) is 1. The number of primary amides is 1. The number of ether oxygens (including phenoxy) is 2. The van der Waals surface area contributed by atoms with Crippen molar-refractivity contribution in [2.75, 3.05) is 50.8 Å². The zero-order chi connectivity index (χ0) is 60.7. The Morgan fingerprint density at radius 1 is 0.867 bits per heavy atom. The molecule has 3 aromatic rings. The highest BCUT2D eigenvalue weighted by Gasteiger charge is 2.42. The van der Waals surface area contributed by atoms with E-state index in [0.717, 1.165) is 16.8 Å². The molecule has 1 unspecified atom stereocenters. The predicted octanol–water partition coefficient (Wildman–Crippen LogP) is -0.936. The number of nitrogens with two attached hydrogens (primary N) is 2. The minimum atomic E-state index is -1.56. The van der Waals surface area contributed by atoms with Crippen molar-refractivity contribution in [3.05, 3.63) is 53.6 Å². The molecule has 3 aliphatic rings. The largest absolute Gasteiger partial charge is 0.478 e. The van der Waals surface area contributed by atoms with Gasteiger partial charge in [-0.1, -0.05) is 60.1 Å². The maximum Gasteiger partial charge on any atom is 0.409 e. The van der Waals surface area contributed by atoms with E-state index in [4.69, 9.17) is 20.9 Å². The highest BCUT2D eigenvalue weighted by molar-refractivity contribution is 7.99. The molecule has 28 nitrogen and oxygen atoms in total. The Balaban J connectivity index is 1.14. The number of benzene rings is 2. The van der Waals surface area contributed by atoms with Gasteiger partial charge in [-0.3, -0.25) is 48.6 Å². The van der Waals surface area contributed by atoms with Gasteiger partial charge in [0.1, 0.15) is 30.5 Å². The first-order valence-electron chi connectivity index (χ1n) is 27.5. The second-order valence-electron chi connectivity index (χ2n) is 21.3. The lowest BCUT2D eigenvalue weighted by molar-refractivity contribution is -0.145. The topological polar surface area (TPSA) is 401 Å². The monoisotopic (exact) mass is 1180 g/mol. The van der Waals surface area contributed by atoms with Crippen LogP contribution in [0.1, 0.15) is 78.4 Å². The van der Waals surface area contributed by atoms with Gasteiger partial charge in [0.05, 0.1) is 54.7 Å². The molecule has 0 spiro atoms. The van der Waals surface area contributed by atoms with Gasteiger partial charge < -0.3 is 78.7 Å². The SMILES string of the molecule is CC[C@H](C)[C@@H]1NC(=O)CNC(=O)[C@@H](N)Cc2c3[nH]c4cc(ccc24)OC2C(=O)N(CCN(C)C(=O)OCc4ccc(NC(=O)[C@H](CCCNC(N)=O)NC(=O)[C@@H](NC(C)C)C(C)C)cc4)NC(=O)C[C@@H]2NC(=O)[C@H](CS3)NC(=O)CNC1=O. The molecule has 4 heterocycles.